The maximum absolute atomic E-state index is 12.4. The van der Waals surface area contributed by atoms with Gasteiger partial charge >= 0.3 is 5.69 Å². The van der Waals surface area contributed by atoms with E-state index in [9.17, 15) is 9.59 Å². The summed E-state index contributed by atoms with van der Waals surface area (Å²) in [4.78, 5) is 29.1. The zero-order valence-electron chi connectivity index (χ0n) is 14.4. The summed E-state index contributed by atoms with van der Waals surface area (Å²) in [6, 6.07) is 5.54. The Bertz CT molecular complexity index is 1020. The van der Waals surface area contributed by atoms with Crippen molar-refractivity contribution in [1.82, 2.24) is 19.3 Å². The van der Waals surface area contributed by atoms with Gasteiger partial charge in [0.25, 0.3) is 0 Å². The average Bonchev–Trinajstić information content (AvgIpc) is 3.05. The molecule has 3 aromatic rings. The number of fused-ring (bicyclic) bond motifs is 2. The van der Waals surface area contributed by atoms with E-state index in [1.54, 1.807) is 11.7 Å². The number of nitrogens with one attached hydrogen (secondary N) is 1. The summed E-state index contributed by atoms with van der Waals surface area (Å²) in [7, 11) is 1.61. The second-order valence-electron chi connectivity index (χ2n) is 6.22. The molecule has 1 aliphatic rings. The predicted molar refractivity (Wildman–Crippen MR) is 98.8 cm³/mol. The number of nitrogens with zero attached hydrogens (tertiary/aromatic N) is 4. The molecule has 0 bridgehead atoms. The Morgan fingerprint density at radius 3 is 3.08 bits per heavy atom. The molecule has 0 fully saturated rings. The van der Waals surface area contributed by atoms with Gasteiger partial charge in [-0.1, -0.05) is 17.8 Å². The second-order valence-corrected chi connectivity index (χ2v) is 7.25. The van der Waals surface area contributed by atoms with E-state index in [1.807, 2.05) is 18.2 Å². The molecule has 26 heavy (non-hydrogen) atoms. The van der Waals surface area contributed by atoms with Crippen LogP contribution in [0.25, 0.3) is 10.2 Å². The highest BCUT2D eigenvalue weighted by atomic mass is 32.1. The summed E-state index contributed by atoms with van der Waals surface area (Å²) in [5, 5.41) is 7.58. The van der Waals surface area contributed by atoms with Crippen molar-refractivity contribution in [3.8, 4) is 5.75 Å². The Kier molecular flexibility index (Phi) is 4.46. The van der Waals surface area contributed by atoms with Crippen molar-refractivity contribution >= 4 is 32.6 Å². The minimum atomic E-state index is -0.314. The van der Waals surface area contributed by atoms with Gasteiger partial charge in [-0.25, -0.2) is 14.5 Å². The molecule has 0 radical (unpaired) electrons. The number of benzene rings is 1. The molecule has 1 aliphatic heterocycles. The van der Waals surface area contributed by atoms with Gasteiger partial charge in [0.15, 0.2) is 5.13 Å². The fourth-order valence-electron chi connectivity index (χ4n) is 3.11. The molecule has 8 nitrogen and oxygen atoms in total. The number of anilines is 1. The first-order valence-corrected chi connectivity index (χ1v) is 9.36. The summed E-state index contributed by atoms with van der Waals surface area (Å²) < 4.78 is 9.05. The molecule has 3 heterocycles. The number of ether oxygens (including phenoxy) is 1. The highest BCUT2D eigenvalue weighted by Crippen LogP contribution is 2.29. The Hall–Kier alpha value is -2.68. The molecule has 9 heteroatoms. The van der Waals surface area contributed by atoms with Crippen LogP contribution in [-0.4, -0.2) is 32.3 Å². The van der Waals surface area contributed by atoms with E-state index in [2.05, 4.69) is 15.4 Å². The third kappa shape index (κ3) is 3.22. The van der Waals surface area contributed by atoms with Crippen LogP contribution in [0.4, 0.5) is 5.13 Å². The summed E-state index contributed by atoms with van der Waals surface area (Å²) in [5.74, 6) is 1.20. The second kappa shape index (κ2) is 6.91. The zero-order valence-corrected chi connectivity index (χ0v) is 15.2. The van der Waals surface area contributed by atoms with Gasteiger partial charge < -0.3 is 10.1 Å². The average molecular weight is 373 g/mol. The van der Waals surface area contributed by atoms with Crippen molar-refractivity contribution < 1.29 is 9.53 Å². The van der Waals surface area contributed by atoms with E-state index < -0.39 is 0 Å². The molecule has 0 atom stereocenters. The molecule has 0 aliphatic carbocycles. The third-order valence-electron chi connectivity index (χ3n) is 4.42. The van der Waals surface area contributed by atoms with Crippen LogP contribution >= 0.6 is 11.3 Å². The van der Waals surface area contributed by atoms with Gasteiger partial charge in [-0.05, 0) is 31.0 Å². The fourth-order valence-corrected chi connectivity index (χ4v) is 4.02. The van der Waals surface area contributed by atoms with Gasteiger partial charge in [-0.3, -0.25) is 9.36 Å². The van der Waals surface area contributed by atoms with Crippen LogP contribution in [-0.2, 0) is 24.3 Å². The van der Waals surface area contributed by atoms with Gasteiger partial charge in [0.2, 0.25) is 5.91 Å². The van der Waals surface area contributed by atoms with Crippen LogP contribution < -0.4 is 15.7 Å². The van der Waals surface area contributed by atoms with Crippen LogP contribution in [0.2, 0.25) is 0 Å². The van der Waals surface area contributed by atoms with Crippen LogP contribution in [0.5, 0.6) is 5.75 Å². The smallest absolute Gasteiger partial charge is 0.346 e. The Labute approximate surface area is 153 Å². The number of methoxy groups -OCH3 is 1. The summed E-state index contributed by atoms with van der Waals surface area (Å²) >= 11 is 1.36. The highest BCUT2D eigenvalue weighted by molar-refractivity contribution is 7.22. The lowest BCUT2D eigenvalue weighted by Crippen LogP contribution is -2.30. The lowest BCUT2D eigenvalue weighted by molar-refractivity contribution is -0.117. The number of carbonyl (C=O) groups excluding carboxylic acids is 1. The molecular formula is C17H19N5O3S. The van der Waals surface area contributed by atoms with Crippen LogP contribution in [0, 0.1) is 0 Å². The van der Waals surface area contributed by atoms with E-state index in [-0.39, 0.29) is 18.1 Å². The van der Waals surface area contributed by atoms with Crippen molar-refractivity contribution in [2.75, 3.05) is 12.4 Å². The van der Waals surface area contributed by atoms with Crippen molar-refractivity contribution in [3.63, 3.8) is 0 Å². The van der Waals surface area contributed by atoms with E-state index in [0.717, 1.165) is 47.5 Å². The maximum atomic E-state index is 12.4. The summed E-state index contributed by atoms with van der Waals surface area (Å²) in [6.45, 7) is 0.563. The molecule has 136 valence electrons. The number of carbonyl (C=O) groups is 1. The number of hydrogen-bond acceptors (Lipinski definition) is 6. The normalized spacial score (nSPS) is 14.0. The highest BCUT2D eigenvalue weighted by Gasteiger charge is 2.18. The topological polar surface area (TPSA) is 91.0 Å². The van der Waals surface area contributed by atoms with Gasteiger partial charge in [0.05, 0.1) is 17.3 Å². The molecule has 0 saturated carbocycles. The monoisotopic (exact) mass is 373 g/mol. The minimum Gasteiger partial charge on any atom is -0.497 e. The van der Waals surface area contributed by atoms with Crippen molar-refractivity contribution in [2.45, 2.75) is 38.8 Å². The molecule has 1 amide bonds. The molecule has 1 N–H and O–H groups in total. The molecule has 1 aromatic carbocycles. The van der Waals surface area contributed by atoms with E-state index in [4.69, 9.17) is 4.74 Å². The van der Waals surface area contributed by atoms with E-state index >= 15 is 0 Å². The molecule has 4 rings (SSSR count). The standard InChI is InChI=1S/C17H19N5O3S/c1-25-11-6-7-12-13(9-11)26-16(18-12)19-15(23)10-22-17(24)21-8-4-2-3-5-14(21)20-22/h6-7,9H,2-5,8,10H2,1H3,(H,18,19,23). The van der Waals surface area contributed by atoms with Crippen molar-refractivity contribution in [1.29, 1.82) is 0 Å². The first-order valence-electron chi connectivity index (χ1n) is 8.55. The van der Waals surface area contributed by atoms with Gasteiger partial charge in [0.1, 0.15) is 18.1 Å². The fraction of sp³-hybridized carbons (Fsp3) is 0.412. The van der Waals surface area contributed by atoms with Crippen molar-refractivity contribution in [3.05, 3.63) is 34.5 Å². The quantitative estimate of drug-likeness (QED) is 0.756. The van der Waals surface area contributed by atoms with E-state index in [1.165, 1.54) is 16.0 Å². The van der Waals surface area contributed by atoms with Gasteiger partial charge in [0, 0.05) is 13.0 Å². The lowest BCUT2D eigenvalue weighted by atomic mass is 10.2. The lowest BCUT2D eigenvalue weighted by Gasteiger charge is -2.01. The Balaban J connectivity index is 1.50. The molecule has 2 aromatic heterocycles. The number of thiazole rings is 1. The number of hydrogen-bond donors (Lipinski definition) is 1. The van der Waals surface area contributed by atoms with Crippen molar-refractivity contribution in [2.24, 2.45) is 0 Å². The first-order chi connectivity index (χ1) is 12.6. The number of amides is 1. The van der Waals surface area contributed by atoms with Gasteiger partial charge in [-0.2, -0.15) is 5.10 Å². The zero-order chi connectivity index (χ0) is 18.1. The third-order valence-corrected chi connectivity index (χ3v) is 5.35. The number of aryl methyl sites for hydroxylation is 1. The summed E-state index contributed by atoms with van der Waals surface area (Å²) in [5.41, 5.74) is 0.572. The molecular weight excluding hydrogens is 354 g/mol. The molecule has 0 saturated heterocycles. The predicted octanol–water partition coefficient (Wildman–Crippen LogP) is 2.03. The minimum absolute atomic E-state index is 0.113. The summed E-state index contributed by atoms with van der Waals surface area (Å²) in [6.07, 6.45) is 3.88. The maximum Gasteiger partial charge on any atom is 0.346 e. The van der Waals surface area contributed by atoms with Crippen LogP contribution in [0.15, 0.2) is 23.0 Å². The van der Waals surface area contributed by atoms with Crippen LogP contribution in [0.3, 0.4) is 0 Å². The molecule has 0 spiro atoms. The number of rotatable bonds is 4. The first kappa shape index (κ1) is 16.8. The molecule has 0 unspecified atom stereocenters. The SMILES string of the molecule is COc1ccc2nc(NC(=O)Cn3nc4n(c3=O)CCCCC4)sc2c1. The van der Waals surface area contributed by atoms with E-state index in [0.29, 0.717) is 11.7 Å². The van der Waals surface area contributed by atoms with Gasteiger partial charge in [-0.15, -0.1) is 0 Å². The number of aromatic nitrogens is 4. The van der Waals surface area contributed by atoms with Crippen LogP contribution in [0.1, 0.15) is 25.1 Å². The largest absolute Gasteiger partial charge is 0.497 e. The Morgan fingerprint density at radius 1 is 1.35 bits per heavy atom. The Morgan fingerprint density at radius 2 is 2.23 bits per heavy atom.